The van der Waals surface area contributed by atoms with Crippen LogP contribution in [-0.2, 0) is 0 Å². The van der Waals surface area contributed by atoms with Gasteiger partial charge in [0.15, 0.2) is 11.5 Å². The molecule has 1 aromatic rings. The number of nitrogens with two attached hydrogens (primary N) is 1. The second-order valence-corrected chi connectivity index (χ2v) is 5.68. The van der Waals surface area contributed by atoms with Crippen LogP contribution in [0.1, 0.15) is 23.2 Å². The van der Waals surface area contributed by atoms with Crippen LogP contribution in [0.25, 0.3) is 0 Å². The summed E-state index contributed by atoms with van der Waals surface area (Å²) in [4.78, 5) is 13.5. The third-order valence-corrected chi connectivity index (χ3v) is 4.05. The van der Waals surface area contributed by atoms with Crippen LogP contribution in [0, 0.1) is 0 Å². The van der Waals surface area contributed by atoms with Gasteiger partial charge < -0.3 is 20.1 Å². The highest BCUT2D eigenvalue weighted by atomic mass is 19.4. The number of hydrogen-bond acceptors (Lipinski definition) is 4. The van der Waals surface area contributed by atoms with Crippen molar-refractivity contribution in [2.24, 2.45) is 5.73 Å². The number of alkyl halides is 3. The molecule has 2 heterocycles. The first-order chi connectivity index (χ1) is 10.9. The van der Waals surface area contributed by atoms with Crippen LogP contribution in [0.4, 0.5) is 13.2 Å². The predicted octanol–water partition coefficient (Wildman–Crippen LogP) is 1.95. The number of ether oxygens (including phenoxy) is 2. The minimum absolute atomic E-state index is 0.0746. The lowest BCUT2D eigenvalue weighted by Crippen LogP contribution is -2.56. The van der Waals surface area contributed by atoms with E-state index in [0.717, 1.165) is 4.90 Å². The van der Waals surface area contributed by atoms with Gasteiger partial charge in [-0.25, -0.2) is 0 Å². The lowest BCUT2D eigenvalue weighted by atomic mass is 9.97. The number of rotatable bonds is 1. The van der Waals surface area contributed by atoms with E-state index >= 15 is 0 Å². The number of halogens is 3. The van der Waals surface area contributed by atoms with Gasteiger partial charge >= 0.3 is 6.18 Å². The number of carbonyl (C=O) groups is 1. The lowest BCUT2D eigenvalue weighted by molar-refractivity contribution is -0.184. The highest BCUT2D eigenvalue weighted by Crippen LogP contribution is 2.37. The molecule has 1 fully saturated rings. The topological polar surface area (TPSA) is 64.8 Å². The maximum atomic E-state index is 13.2. The summed E-state index contributed by atoms with van der Waals surface area (Å²) in [5, 5.41) is 0. The summed E-state index contributed by atoms with van der Waals surface area (Å²) in [5.74, 6) is -0.166. The molecule has 0 unspecified atom stereocenters. The van der Waals surface area contributed by atoms with Gasteiger partial charge in [-0.2, -0.15) is 13.2 Å². The molecule has 5 nitrogen and oxygen atoms in total. The third kappa shape index (κ3) is 3.08. The fourth-order valence-electron chi connectivity index (χ4n) is 2.96. The Balaban J connectivity index is 1.94. The molecule has 2 atom stereocenters. The average molecular weight is 330 g/mol. The number of likely N-dealkylation sites (tertiary alicyclic amines) is 1. The Kier molecular flexibility index (Phi) is 4.09. The zero-order valence-corrected chi connectivity index (χ0v) is 12.3. The molecule has 23 heavy (non-hydrogen) atoms. The molecule has 0 aliphatic carbocycles. The van der Waals surface area contributed by atoms with Crippen molar-refractivity contribution in [1.82, 2.24) is 4.90 Å². The summed E-state index contributed by atoms with van der Waals surface area (Å²) >= 11 is 0. The summed E-state index contributed by atoms with van der Waals surface area (Å²) < 4.78 is 50.5. The number of amides is 1. The zero-order chi connectivity index (χ0) is 16.6. The second-order valence-electron chi connectivity index (χ2n) is 5.68. The van der Waals surface area contributed by atoms with Gasteiger partial charge in [0.2, 0.25) is 0 Å². The van der Waals surface area contributed by atoms with E-state index in [1.165, 1.54) is 6.07 Å². The molecule has 2 aliphatic heterocycles. The SMILES string of the molecule is N[C@H]1CC[C@H](C(F)(F)F)N(C(=O)c2cccc3c2OCCO3)C1. The highest BCUT2D eigenvalue weighted by molar-refractivity contribution is 5.98. The number of fused-ring (bicyclic) bond motifs is 1. The van der Waals surface area contributed by atoms with Crippen molar-refractivity contribution >= 4 is 5.91 Å². The minimum atomic E-state index is -4.48. The monoisotopic (exact) mass is 330 g/mol. The van der Waals surface area contributed by atoms with Crippen LogP contribution in [-0.4, -0.2) is 48.8 Å². The van der Waals surface area contributed by atoms with Crippen molar-refractivity contribution in [3.63, 3.8) is 0 Å². The Hall–Kier alpha value is -1.96. The standard InChI is InChI=1S/C15H17F3N2O3/c16-15(17,18)12-5-4-9(19)8-20(12)14(21)10-2-1-3-11-13(10)23-7-6-22-11/h1-3,9,12H,4-8,19H2/t9-,12+/m0/s1. The molecule has 3 rings (SSSR count). The van der Waals surface area contributed by atoms with Gasteiger partial charge in [-0.15, -0.1) is 0 Å². The number of hydrogen-bond donors (Lipinski definition) is 1. The Morgan fingerprint density at radius 1 is 1.22 bits per heavy atom. The van der Waals surface area contributed by atoms with E-state index in [-0.39, 0.29) is 37.3 Å². The predicted molar refractivity (Wildman–Crippen MR) is 75.5 cm³/mol. The Bertz CT molecular complexity index is 606. The maximum Gasteiger partial charge on any atom is 0.408 e. The summed E-state index contributed by atoms with van der Waals surface area (Å²) in [6.45, 7) is 0.456. The fraction of sp³-hybridized carbons (Fsp3) is 0.533. The van der Waals surface area contributed by atoms with Crippen molar-refractivity contribution < 1.29 is 27.4 Å². The van der Waals surface area contributed by atoms with E-state index in [2.05, 4.69) is 0 Å². The quantitative estimate of drug-likeness (QED) is 0.855. The summed E-state index contributed by atoms with van der Waals surface area (Å²) in [6.07, 6.45) is -4.44. The molecule has 0 radical (unpaired) electrons. The summed E-state index contributed by atoms with van der Waals surface area (Å²) in [6, 6.07) is 2.34. The van der Waals surface area contributed by atoms with Crippen LogP contribution in [0.15, 0.2) is 18.2 Å². The summed E-state index contributed by atoms with van der Waals surface area (Å²) in [5.41, 5.74) is 5.84. The number of benzene rings is 1. The van der Waals surface area contributed by atoms with E-state index in [0.29, 0.717) is 12.4 Å². The van der Waals surface area contributed by atoms with E-state index in [1.54, 1.807) is 12.1 Å². The van der Waals surface area contributed by atoms with Gasteiger partial charge in [-0.3, -0.25) is 4.79 Å². The second kappa shape index (κ2) is 5.92. The minimum Gasteiger partial charge on any atom is -0.486 e. The van der Waals surface area contributed by atoms with Gasteiger partial charge in [0, 0.05) is 12.6 Å². The smallest absolute Gasteiger partial charge is 0.408 e. The largest absolute Gasteiger partial charge is 0.486 e. The van der Waals surface area contributed by atoms with Crippen LogP contribution < -0.4 is 15.2 Å². The normalized spacial score (nSPS) is 24.4. The number of carbonyl (C=O) groups excluding carboxylic acids is 1. The van der Waals surface area contributed by atoms with Gasteiger partial charge in [-0.1, -0.05) is 6.07 Å². The van der Waals surface area contributed by atoms with Crippen LogP contribution >= 0.6 is 0 Å². The van der Waals surface area contributed by atoms with Crippen LogP contribution in [0.5, 0.6) is 11.5 Å². The molecule has 0 spiro atoms. The first-order valence-corrected chi connectivity index (χ1v) is 7.40. The van der Waals surface area contributed by atoms with Crippen molar-refractivity contribution in [1.29, 1.82) is 0 Å². The van der Waals surface area contributed by atoms with Crippen molar-refractivity contribution in [3.05, 3.63) is 23.8 Å². The number of para-hydroxylation sites is 1. The van der Waals surface area contributed by atoms with Crippen LogP contribution in [0.3, 0.4) is 0 Å². The Labute approximate surface area is 131 Å². The van der Waals surface area contributed by atoms with Crippen LogP contribution in [0.2, 0.25) is 0 Å². The zero-order valence-electron chi connectivity index (χ0n) is 12.3. The third-order valence-electron chi connectivity index (χ3n) is 4.05. The molecule has 2 N–H and O–H groups in total. The Morgan fingerprint density at radius 3 is 2.70 bits per heavy atom. The highest BCUT2D eigenvalue weighted by Gasteiger charge is 2.48. The molecule has 8 heteroatoms. The average Bonchev–Trinajstić information content (AvgIpc) is 2.52. The molecule has 2 aliphatic rings. The van der Waals surface area contributed by atoms with Crippen molar-refractivity contribution in [2.75, 3.05) is 19.8 Å². The number of piperidine rings is 1. The van der Waals surface area contributed by atoms with E-state index < -0.39 is 24.2 Å². The summed E-state index contributed by atoms with van der Waals surface area (Å²) in [7, 11) is 0. The number of nitrogens with zero attached hydrogens (tertiary/aromatic N) is 1. The van der Waals surface area contributed by atoms with Crippen molar-refractivity contribution in [2.45, 2.75) is 31.1 Å². The van der Waals surface area contributed by atoms with Gasteiger partial charge in [0.25, 0.3) is 5.91 Å². The molecular weight excluding hydrogens is 313 g/mol. The molecular formula is C15H17F3N2O3. The lowest BCUT2D eigenvalue weighted by Gasteiger charge is -2.39. The molecule has 1 aromatic carbocycles. The Morgan fingerprint density at radius 2 is 1.96 bits per heavy atom. The van der Waals surface area contributed by atoms with E-state index in [1.807, 2.05) is 0 Å². The molecule has 0 aromatic heterocycles. The van der Waals surface area contributed by atoms with Crippen molar-refractivity contribution in [3.8, 4) is 11.5 Å². The maximum absolute atomic E-state index is 13.2. The molecule has 1 saturated heterocycles. The fourth-order valence-corrected chi connectivity index (χ4v) is 2.96. The molecule has 126 valence electrons. The van der Waals surface area contributed by atoms with E-state index in [4.69, 9.17) is 15.2 Å². The molecule has 0 bridgehead atoms. The van der Waals surface area contributed by atoms with Gasteiger partial charge in [0.1, 0.15) is 19.3 Å². The van der Waals surface area contributed by atoms with Gasteiger partial charge in [0.05, 0.1) is 5.56 Å². The first-order valence-electron chi connectivity index (χ1n) is 7.40. The van der Waals surface area contributed by atoms with Gasteiger partial charge in [-0.05, 0) is 25.0 Å². The molecule has 0 saturated carbocycles. The molecule has 1 amide bonds. The first kappa shape index (κ1) is 15.9. The van der Waals surface area contributed by atoms with E-state index in [9.17, 15) is 18.0 Å².